The van der Waals surface area contributed by atoms with Crippen molar-refractivity contribution in [2.75, 3.05) is 0 Å². The lowest BCUT2D eigenvalue weighted by Gasteiger charge is -2.24. The van der Waals surface area contributed by atoms with Gasteiger partial charge in [0.25, 0.3) is 0 Å². The lowest BCUT2D eigenvalue weighted by molar-refractivity contribution is 0.592. The molecule has 0 aliphatic carbocycles. The monoisotopic (exact) mass is 574 g/mol. The van der Waals surface area contributed by atoms with Crippen LogP contribution in [0.25, 0.3) is 39.0 Å². The van der Waals surface area contributed by atoms with Gasteiger partial charge < -0.3 is 0 Å². The summed E-state index contributed by atoms with van der Waals surface area (Å²) < 4.78 is 0. The molecule has 0 aliphatic rings. The van der Waals surface area contributed by atoms with E-state index in [1.54, 1.807) is 0 Å². The molecule has 0 unspecified atom stereocenters. The van der Waals surface area contributed by atoms with Crippen molar-refractivity contribution in [3.05, 3.63) is 162 Å². The van der Waals surface area contributed by atoms with Gasteiger partial charge in [0, 0.05) is 0 Å². The summed E-state index contributed by atoms with van der Waals surface area (Å²) in [6, 6.07) is 42.6. The van der Waals surface area contributed by atoms with Crippen LogP contribution in [0.3, 0.4) is 0 Å². The fourth-order valence-electron chi connectivity index (χ4n) is 6.37. The van der Waals surface area contributed by atoms with Crippen LogP contribution in [0.4, 0.5) is 0 Å². The van der Waals surface area contributed by atoms with Crippen molar-refractivity contribution < 1.29 is 0 Å². The third-order valence-electron chi connectivity index (χ3n) is 8.71. The van der Waals surface area contributed by atoms with Crippen LogP contribution in [0, 0.1) is 6.92 Å². The Morgan fingerprint density at radius 1 is 0.659 bits per heavy atom. The second kappa shape index (κ2) is 13.9. The highest BCUT2D eigenvalue weighted by Gasteiger charge is 2.20. The number of aryl methyl sites for hydroxylation is 2. The molecular weight excluding hydrogens is 528 g/mol. The lowest BCUT2D eigenvalue weighted by atomic mass is 9.80. The fourth-order valence-corrected chi connectivity index (χ4v) is 6.37. The van der Waals surface area contributed by atoms with Gasteiger partial charge in [-0.15, -0.1) is 0 Å². The topological polar surface area (TPSA) is 0 Å². The largest absolute Gasteiger partial charge is 0.0991 e. The van der Waals surface area contributed by atoms with Gasteiger partial charge in [-0.2, -0.15) is 0 Å². The molecule has 0 fully saturated rings. The average Bonchev–Trinajstić information content (AvgIpc) is 3.04. The first-order valence-electron chi connectivity index (χ1n) is 16.1. The Labute approximate surface area is 265 Å². The molecule has 0 bridgehead atoms. The summed E-state index contributed by atoms with van der Waals surface area (Å²) in [7, 11) is 0. The maximum absolute atomic E-state index is 4.03. The van der Waals surface area contributed by atoms with E-state index >= 15 is 0 Å². The summed E-state index contributed by atoms with van der Waals surface area (Å²) in [5.41, 5.74) is 15.9. The van der Waals surface area contributed by atoms with Gasteiger partial charge in [0.2, 0.25) is 0 Å². The van der Waals surface area contributed by atoms with Crippen LogP contribution in [0.5, 0.6) is 0 Å². The highest BCUT2D eigenvalue weighted by Crippen LogP contribution is 2.38. The molecule has 0 amide bonds. The van der Waals surface area contributed by atoms with E-state index in [0.717, 1.165) is 25.7 Å². The molecule has 0 nitrogen and oxygen atoms in total. The van der Waals surface area contributed by atoms with Crippen LogP contribution < -0.4 is 0 Å². The van der Waals surface area contributed by atoms with Crippen LogP contribution in [0.1, 0.15) is 68.4 Å². The van der Waals surface area contributed by atoms with Crippen LogP contribution >= 0.6 is 0 Å². The summed E-state index contributed by atoms with van der Waals surface area (Å²) in [6.07, 6.45) is 8.32. The Hall–Kier alpha value is -4.42. The number of benzene rings is 5. The smallest absolute Gasteiger partial charge is 0.0126 e. The van der Waals surface area contributed by atoms with Gasteiger partial charge in [0.15, 0.2) is 0 Å². The molecule has 0 radical (unpaired) electrons. The van der Waals surface area contributed by atoms with Gasteiger partial charge in [-0.25, -0.2) is 0 Å². The number of hydrogen-bond acceptors (Lipinski definition) is 0. The fraction of sp³-hybridized carbons (Fsp3) is 0.227. The quantitative estimate of drug-likeness (QED) is 0.146. The Morgan fingerprint density at radius 2 is 1.30 bits per heavy atom. The summed E-state index contributed by atoms with van der Waals surface area (Å²) in [5.74, 6) is 0. The van der Waals surface area contributed by atoms with E-state index in [1.807, 2.05) is 6.08 Å². The molecule has 0 atom stereocenters. The minimum atomic E-state index is 0.0235. The van der Waals surface area contributed by atoms with Crippen LogP contribution in [-0.2, 0) is 18.3 Å². The normalized spacial score (nSPS) is 11.9. The molecule has 5 aromatic carbocycles. The molecule has 0 N–H and O–H groups in total. The summed E-state index contributed by atoms with van der Waals surface area (Å²) in [6.45, 7) is 15.5. The summed E-state index contributed by atoms with van der Waals surface area (Å²) in [5, 5.41) is 0. The number of rotatable bonds is 10. The van der Waals surface area contributed by atoms with Gasteiger partial charge >= 0.3 is 0 Å². The molecule has 0 saturated carbocycles. The second-order valence-corrected chi connectivity index (χ2v) is 12.9. The van der Waals surface area contributed by atoms with E-state index in [4.69, 9.17) is 0 Å². The van der Waals surface area contributed by atoms with E-state index in [0.29, 0.717) is 0 Å². The van der Waals surface area contributed by atoms with Gasteiger partial charge in [-0.1, -0.05) is 162 Å². The van der Waals surface area contributed by atoms with Crippen molar-refractivity contribution in [1.29, 1.82) is 0 Å². The first-order valence-corrected chi connectivity index (χ1v) is 16.1. The number of hydrogen-bond donors (Lipinski definition) is 0. The van der Waals surface area contributed by atoms with Gasteiger partial charge in [-0.3, -0.25) is 0 Å². The molecule has 0 spiro atoms. The Kier molecular flexibility index (Phi) is 9.81. The molecule has 0 aliphatic heterocycles. The zero-order valence-corrected chi connectivity index (χ0v) is 27.2. The maximum atomic E-state index is 4.03. The van der Waals surface area contributed by atoms with Crippen LogP contribution in [0.15, 0.2) is 134 Å². The molecule has 0 heteroatoms. The zero-order valence-electron chi connectivity index (χ0n) is 27.2. The zero-order chi connectivity index (χ0) is 31.1. The Bertz CT molecular complexity index is 1740. The first kappa shape index (κ1) is 31.0. The lowest BCUT2D eigenvalue weighted by Crippen LogP contribution is -2.13. The van der Waals surface area contributed by atoms with Gasteiger partial charge in [-0.05, 0) is 104 Å². The molecule has 44 heavy (non-hydrogen) atoms. The highest BCUT2D eigenvalue weighted by atomic mass is 14.2. The Morgan fingerprint density at radius 3 is 1.98 bits per heavy atom. The van der Waals surface area contributed by atoms with E-state index in [1.165, 1.54) is 66.8 Å². The standard InChI is InChI=1S/C44H46/c1-7-15-34(24-23-33-17-10-9-11-18-33)38-29-30-43(44(4,5)6)42(31-38)37-27-25-36(26-28-37)39-21-14-22-40(32(39)3)41-20-13-12-19-35(41)16-8-2/h7,9-15,17-22,25-31H,1,8,16,23-24H2,2-6H3/b34-15+. The van der Waals surface area contributed by atoms with Crippen molar-refractivity contribution in [1.82, 2.24) is 0 Å². The van der Waals surface area contributed by atoms with Crippen molar-refractivity contribution >= 4 is 5.57 Å². The van der Waals surface area contributed by atoms with Crippen molar-refractivity contribution in [3.63, 3.8) is 0 Å². The third-order valence-corrected chi connectivity index (χ3v) is 8.71. The maximum Gasteiger partial charge on any atom is -0.0126 e. The van der Waals surface area contributed by atoms with Gasteiger partial charge in [0.05, 0.1) is 0 Å². The molecule has 0 heterocycles. The predicted molar refractivity (Wildman–Crippen MR) is 193 cm³/mol. The van der Waals surface area contributed by atoms with Crippen LogP contribution in [-0.4, -0.2) is 0 Å². The Balaban J connectivity index is 1.51. The minimum Gasteiger partial charge on any atom is -0.0991 e. The van der Waals surface area contributed by atoms with E-state index in [-0.39, 0.29) is 5.41 Å². The molecular formula is C44H46. The number of allylic oxidation sites excluding steroid dienone is 3. The second-order valence-electron chi connectivity index (χ2n) is 12.9. The molecule has 222 valence electrons. The third kappa shape index (κ3) is 7.03. The van der Waals surface area contributed by atoms with Crippen molar-refractivity contribution in [2.24, 2.45) is 0 Å². The molecule has 5 aromatic rings. The predicted octanol–water partition coefficient (Wildman–Crippen LogP) is 12.4. The average molecular weight is 575 g/mol. The van der Waals surface area contributed by atoms with Crippen molar-refractivity contribution in [3.8, 4) is 33.4 Å². The highest BCUT2D eigenvalue weighted by molar-refractivity contribution is 5.82. The minimum absolute atomic E-state index is 0.0235. The molecule has 0 aromatic heterocycles. The summed E-state index contributed by atoms with van der Waals surface area (Å²) >= 11 is 0. The van der Waals surface area contributed by atoms with Gasteiger partial charge in [0.1, 0.15) is 0 Å². The molecule has 5 rings (SSSR count). The summed E-state index contributed by atoms with van der Waals surface area (Å²) in [4.78, 5) is 0. The van der Waals surface area contributed by atoms with E-state index in [2.05, 4.69) is 163 Å². The van der Waals surface area contributed by atoms with Crippen LogP contribution in [0.2, 0.25) is 0 Å². The SMILES string of the molecule is C=C/C=C(\CCc1ccccc1)c1ccc(C(C)(C)C)c(-c2ccc(-c3cccc(-c4ccccc4CCC)c3C)cc2)c1. The van der Waals surface area contributed by atoms with Crippen molar-refractivity contribution in [2.45, 2.75) is 65.7 Å². The van der Waals surface area contributed by atoms with E-state index in [9.17, 15) is 0 Å². The first-order chi connectivity index (χ1) is 21.3. The molecule has 0 saturated heterocycles. The van der Waals surface area contributed by atoms with E-state index < -0.39 is 0 Å².